The molecule has 0 saturated heterocycles. The number of halogens is 3. The van der Waals surface area contributed by atoms with Crippen molar-refractivity contribution in [2.45, 2.75) is 50.9 Å². The molecule has 1 atom stereocenters. The highest BCUT2D eigenvalue weighted by Crippen LogP contribution is 2.30. The van der Waals surface area contributed by atoms with E-state index in [1.54, 1.807) is 13.0 Å². The van der Waals surface area contributed by atoms with Gasteiger partial charge in [0.15, 0.2) is 0 Å². The molecular formula is C15H19F3N2O. The first-order valence-electron chi connectivity index (χ1n) is 7.10. The number of alkyl halides is 3. The lowest BCUT2D eigenvalue weighted by molar-refractivity contribution is -0.137. The monoisotopic (exact) mass is 300 g/mol. The molecule has 0 bridgehead atoms. The third-order valence-electron chi connectivity index (χ3n) is 3.75. The molecule has 0 spiro atoms. The first kappa shape index (κ1) is 15.7. The van der Waals surface area contributed by atoms with Crippen LogP contribution < -0.4 is 10.6 Å². The Kier molecular flexibility index (Phi) is 4.75. The molecule has 0 aromatic heterocycles. The zero-order valence-electron chi connectivity index (χ0n) is 11.8. The number of hydrogen-bond acceptors (Lipinski definition) is 1. The third kappa shape index (κ3) is 4.37. The fourth-order valence-corrected chi connectivity index (χ4v) is 2.56. The summed E-state index contributed by atoms with van der Waals surface area (Å²) >= 11 is 0. The standard InChI is InChI=1S/C15H19F3N2O/c1-10(19-14(21)20-13-7-2-3-8-13)11-5-4-6-12(9-11)15(16,17)18/h4-6,9-10,13H,2-3,7-8H2,1H3,(H2,19,20,21)/t10-/m0/s1. The summed E-state index contributed by atoms with van der Waals surface area (Å²) in [7, 11) is 0. The summed E-state index contributed by atoms with van der Waals surface area (Å²) in [6.07, 6.45) is -0.235. The zero-order chi connectivity index (χ0) is 15.5. The van der Waals surface area contributed by atoms with Gasteiger partial charge in [0.05, 0.1) is 11.6 Å². The summed E-state index contributed by atoms with van der Waals surface area (Å²) in [6, 6.07) is 4.40. The number of carbonyl (C=O) groups is 1. The minimum Gasteiger partial charge on any atom is -0.335 e. The molecule has 1 aromatic rings. The number of amides is 2. The molecule has 2 N–H and O–H groups in total. The fraction of sp³-hybridized carbons (Fsp3) is 0.533. The zero-order valence-corrected chi connectivity index (χ0v) is 11.8. The van der Waals surface area contributed by atoms with Crippen LogP contribution >= 0.6 is 0 Å². The van der Waals surface area contributed by atoms with Crippen LogP contribution in [0.15, 0.2) is 24.3 Å². The van der Waals surface area contributed by atoms with Gasteiger partial charge in [-0.15, -0.1) is 0 Å². The Morgan fingerprint density at radius 1 is 1.29 bits per heavy atom. The van der Waals surface area contributed by atoms with Gasteiger partial charge in [-0.1, -0.05) is 25.0 Å². The van der Waals surface area contributed by atoms with Crippen molar-refractivity contribution in [1.82, 2.24) is 10.6 Å². The van der Waals surface area contributed by atoms with Crippen LogP contribution in [-0.4, -0.2) is 12.1 Å². The summed E-state index contributed by atoms with van der Waals surface area (Å²) in [4.78, 5) is 11.8. The second-order valence-electron chi connectivity index (χ2n) is 5.44. The van der Waals surface area contributed by atoms with E-state index < -0.39 is 17.8 Å². The van der Waals surface area contributed by atoms with E-state index in [4.69, 9.17) is 0 Å². The predicted octanol–water partition coefficient (Wildman–Crippen LogP) is 4.01. The molecule has 6 heteroatoms. The molecule has 1 aliphatic carbocycles. The van der Waals surface area contributed by atoms with Gasteiger partial charge < -0.3 is 10.6 Å². The fourth-order valence-electron chi connectivity index (χ4n) is 2.56. The topological polar surface area (TPSA) is 41.1 Å². The van der Waals surface area contributed by atoms with Crippen LogP contribution in [0.2, 0.25) is 0 Å². The van der Waals surface area contributed by atoms with Gasteiger partial charge in [-0.2, -0.15) is 13.2 Å². The molecule has 0 aliphatic heterocycles. The van der Waals surface area contributed by atoms with Crippen molar-refractivity contribution in [3.63, 3.8) is 0 Å². The van der Waals surface area contributed by atoms with Gasteiger partial charge in [0, 0.05) is 6.04 Å². The molecule has 0 radical (unpaired) electrons. The van der Waals surface area contributed by atoms with Crippen molar-refractivity contribution in [2.24, 2.45) is 0 Å². The molecule has 0 heterocycles. The Bertz CT molecular complexity index is 496. The Morgan fingerprint density at radius 2 is 1.95 bits per heavy atom. The summed E-state index contributed by atoms with van der Waals surface area (Å²) in [5.74, 6) is 0. The molecule has 0 unspecified atom stereocenters. The van der Waals surface area contributed by atoms with Crippen LogP contribution in [0, 0.1) is 0 Å². The first-order valence-corrected chi connectivity index (χ1v) is 7.10. The molecule has 1 saturated carbocycles. The van der Waals surface area contributed by atoms with Gasteiger partial charge in [-0.25, -0.2) is 4.79 Å². The van der Waals surface area contributed by atoms with Crippen LogP contribution in [0.3, 0.4) is 0 Å². The van der Waals surface area contributed by atoms with E-state index in [1.807, 2.05) is 0 Å². The Labute approximate surface area is 121 Å². The number of rotatable bonds is 3. The smallest absolute Gasteiger partial charge is 0.335 e. The van der Waals surface area contributed by atoms with E-state index in [0.717, 1.165) is 37.8 Å². The molecule has 1 aliphatic rings. The largest absolute Gasteiger partial charge is 0.416 e. The molecule has 116 valence electrons. The Morgan fingerprint density at radius 3 is 2.57 bits per heavy atom. The van der Waals surface area contributed by atoms with Crippen LogP contribution in [-0.2, 0) is 6.18 Å². The highest BCUT2D eigenvalue weighted by Gasteiger charge is 2.30. The average Bonchev–Trinajstić information content (AvgIpc) is 2.90. The van der Waals surface area contributed by atoms with E-state index >= 15 is 0 Å². The number of carbonyl (C=O) groups excluding carboxylic acids is 1. The van der Waals surface area contributed by atoms with Crippen LogP contribution in [0.5, 0.6) is 0 Å². The van der Waals surface area contributed by atoms with Crippen LogP contribution in [0.4, 0.5) is 18.0 Å². The molecule has 21 heavy (non-hydrogen) atoms. The normalized spacial score (nSPS) is 17.5. The third-order valence-corrected chi connectivity index (χ3v) is 3.75. The summed E-state index contributed by atoms with van der Waals surface area (Å²) in [5, 5.41) is 5.54. The van der Waals surface area contributed by atoms with Gasteiger partial charge in [0.2, 0.25) is 0 Å². The number of hydrogen-bond donors (Lipinski definition) is 2. The minimum absolute atomic E-state index is 0.179. The highest BCUT2D eigenvalue weighted by molar-refractivity contribution is 5.74. The first-order chi connectivity index (χ1) is 9.86. The number of nitrogens with one attached hydrogen (secondary N) is 2. The van der Waals surface area contributed by atoms with E-state index in [2.05, 4.69) is 10.6 Å². The Hall–Kier alpha value is -1.72. The maximum atomic E-state index is 12.7. The van der Waals surface area contributed by atoms with E-state index in [9.17, 15) is 18.0 Å². The molecule has 1 fully saturated rings. The van der Waals surface area contributed by atoms with Gasteiger partial charge in [0.25, 0.3) is 0 Å². The quantitative estimate of drug-likeness (QED) is 0.870. The van der Waals surface area contributed by atoms with Crippen molar-refractivity contribution in [3.8, 4) is 0 Å². The lowest BCUT2D eigenvalue weighted by Gasteiger charge is -2.18. The van der Waals surface area contributed by atoms with Crippen LogP contribution in [0.1, 0.15) is 49.8 Å². The van der Waals surface area contributed by atoms with Crippen molar-refractivity contribution in [3.05, 3.63) is 35.4 Å². The lowest BCUT2D eigenvalue weighted by Crippen LogP contribution is -2.41. The van der Waals surface area contributed by atoms with Crippen molar-refractivity contribution in [2.75, 3.05) is 0 Å². The van der Waals surface area contributed by atoms with E-state index in [1.165, 1.54) is 6.07 Å². The second kappa shape index (κ2) is 6.37. The lowest BCUT2D eigenvalue weighted by atomic mass is 10.1. The van der Waals surface area contributed by atoms with Crippen molar-refractivity contribution in [1.29, 1.82) is 0 Å². The molecule has 2 amide bonds. The maximum Gasteiger partial charge on any atom is 0.416 e. The van der Waals surface area contributed by atoms with Gasteiger partial charge in [0.1, 0.15) is 0 Å². The predicted molar refractivity (Wildman–Crippen MR) is 73.8 cm³/mol. The number of urea groups is 1. The summed E-state index contributed by atoms with van der Waals surface area (Å²) < 4.78 is 38.0. The van der Waals surface area contributed by atoms with Gasteiger partial charge >= 0.3 is 12.2 Å². The SMILES string of the molecule is C[C@H](NC(=O)NC1CCCC1)c1cccc(C(F)(F)F)c1. The number of benzene rings is 1. The van der Waals surface area contributed by atoms with Gasteiger partial charge in [-0.3, -0.25) is 0 Å². The second-order valence-corrected chi connectivity index (χ2v) is 5.44. The average molecular weight is 300 g/mol. The van der Waals surface area contributed by atoms with E-state index in [0.29, 0.717) is 5.56 Å². The Balaban J connectivity index is 1.96. The highest BCUT2D eigenvalue weighted by atomic mass is 19.4. The summed E-state index contributed by atoms with van der Waals surface area (Å²) in [5.41, 5.74) is -0.267. The minimum atomic E-state index is -4.37. The maximum absolute atomic E-state index is 12.7. The molecule has 2 rings (SSSR count). The molecule has 1 aromatic carbocycles. The summed E-state index contributed by atoms with van der Waals surface area (Å²) in [6.45, 7) is 1.67. The van der Waals surface area contributed by atoms with Crippen LogP contribution in [0.25, 0.3) is 0 Å². The molecular weight excluding hydrogens is 281 g/mol. The van der Waals surface area contributed by atoms with E-state index in [-0.39, 0.29) is 12.1 Å². The van der Waals surface area contributed by atoms with Crippen molar-refractivity contribution >= 4 is 6.03 Å². The van der Waals surface area contributed by atoms with Crippen molar-refractivity contribution < 1.29 is 18.0 Å². The molecule has 3 nitrogen and oxygen atoms in total. The van der Waals surface area contributed by atoms with Gasteiger partial charge in [-0.05, 0) is 37.5 Å².